The summed E-state index contributed by atoms with van der Waals surface area (Å²) in [5, 5.41) is 8.84. The van der Waals surface area contributed by atoms with Gasteiger partial charge in [-0.15, -0.1) is 0 Å². The highest BCUT2D eigenvalue weighted by atomic mass is 79.9. The molecule has 0 aliphatic carbocycles. The molecule has 1 N–H and O–H groups in total. The summed E-state index contributed by atoms with van der Waals surface area (Å²) in [5.74, 6) is -0.923. The quantitative estimate of drug-likeness (QED) is 0.819. The van der Waals surface area contributed by atoms with Crippen molar-refractivity contribution in [1.29, 1.82) is 0 Å². The van der Waals surface area contributed by atoms with Crippen molar-refractivity contribution in [2.75, 3.05) is 13.3 Å². The normalized spacial score (nSPS) is 12.3. The predicted molar refractivity (Wildman–Crippen MR) is 66.2 cm³/mol. The molecule has 0 saturated carbocycles. The fourth-order valence-electron chi connectivity index (χ4n) is 1.33. The Hall–Kier alpha value is -1.01. The van der Waals surface area contributed by atoms with Crippen molar-refractivity contribution in [3.05, 3.63) is 28.0 Å². The van der Waals surface area contributed by atoms with Gasteiger partial charge in [0.15, 0.2) is 5.78 Å². The lowest BCUT2D eigenvalue weighted by molar-refractivity contribution is 0.0878. The third-order valence-electron chi connectivity index (χ3n) is 2.31. The molecule has 18 heavy (non-hydrogen) atoms. The molecule has 0 radical (unpaired) electrons. The molecular weight excluding hydrogens is 310 g/mol. The van der Waals surface area contributed by atoms with Crippen LogP contribution in [0.5, 0.6) is 5.75 Å². The van der Waals surface area contributed by atoms with E-state index in [1.807, 2.05) is 0 Å². The maximum Gasteiger partial charge on any atom is 0.166 e. The third kappa shape index (κ3) is 3.49. The first-order valence-electron chi connectivity index (χ1n) is 5.39. The van der Waals surface area contributed by atoms with Gasteiger partial charge in [-0.1, -0.05) is 6.92 Å². The highest BCUT2D eigenvalue weighted by Crippen LogP contribution is 2.28. The Bertz CT molecular complexity index is 434. The van der Waals surface area contributed by atoms with E-state index in [1.54, 1.807) is 6.92 Å². The van der Waals surface area contributed by atoms with E-state index in [-0.39, 0.29) is 28.0 Å². The van der Waals surface area contributed by atoms with Gasteiger partial charge in [-0.05, 0) is 22.0 Å². The lowest BCUT2D eigenvalue weighted by Crippen LogP contribution is -2.24. The maximum absolute atomic E-state index is 13.4. The first-order chi connectivity index (χ1) is 8.53. The highest BCUT2D eigenvalue weighted by Gasteiger charge is 2.18. The van der Waals surface area contributed by atoms with Gasteiger partial charge < -0.3 is 9.84 Å². The lowest BCUT2D eigenvalue weighted by atomic mass is 10.1. The molecule has 3 nitrogen and oxygen atoms in total. The number of rotatable bonds is 6. The number of aliphatic hydroxyl groups excluding tert-OH is 1. The van der Waals surface area contributed by atoms with Crippen LogP contribution in [0.4, 0.5) is 8.78 Å². The van der Waals surface area contributed by atoms with Crippen LogP contribution in [-0.2, 0) is 0 Å². The first-order valence-corrected chi connectivity index (χ1v) is 6.18. The van der Waals surface area contributed by atoms with Crippen molar-refractivity contribution in [3.63, 3.8) is 0 Å². The van der Waals surface area contributed by atoms with Gasteiger partial charge in [0.25, 0.3) is 0 Å². The molecule has 0 heterocycles. The smallest absolute Gasteiger partial charge is 0.166 e. The molecule has 0 amide bonds. The number of hydrogen-bond acceptors (Lipinski definition) is 3. The molecule has 1 atom stereocenters. The Morgan fingerprint density at radius 3 is 2.72 bits per heavy atom. The average molecular weight is 323 g/mol. The molecule has 0 aliphatic heterocycles. The van der Waals surface area contributed by atoms with Gasteiger partial charge in [-0.3, -0.25) is 4.79 Å². The van der Waals surface area contributed by atoms with Crippen LogP contribution in [0.2, 0.25) is 0 Å². The number of carbonyl (C=O) groups excluding carboxylic acids is 1. The van der Waals surface area contributed by atoms with Gasteiger partial charge in [-0.2, -0.15) is 0 Å². The Balaban J connectivity index is 3.14. The van der Waals surface area contributed by atoms with Crippen LogP contribution >= 0.6 is 15.9 Å². The fraction of sp³-hybridized carbons (Fsp3) is 0.417. The molecule has 100 valence electrons. The molecule has 0 unspecified atom stereocenters. The van der Waals surface area contributed by atoms with Crippen LogP contribution in [-0.4, -0.2) is 30.3 Å². The van der Waals surface area contributed by atoms with E-state index in [9.17, 15) is 13.6 Å². The molecule has 0 fully saturated rings. The van der Waals surface area contributed by atoms with E-state index in [4.69, 9.17) is 9.84 Å². The maximum atomic E-state index is 13.4. The number of ketones is 1. The molecule has 0 bridgehead atoms. The monoisotopic (exact) mass is 322 g/mol. The van der Waals surface area contributed by atoms with Crippen LogP contribution in [0, 0.1) is 5.82 Å². The Morgan fingerprint density at radius 1 is 1.56 bits per heavy atom. The molecule has 1 rings (SSSR count). The number of aliphatic hydroxyl groups is 1. The van der Waals surface area contributed by atoms with Crippen molar-refractivity contribution >= 4 is 21.7 Å². The molecule has 0 spiro atoms. The minimum Gasteiger partial charge on any atom is -0.484 e. The van der Waals surface area contributed by atoms with Gasteiger partial charge in [0.1, 0.15) is 24.3 Å². The molecule has 1 aromatic rings. The molecule has 6 heteroatoms. The number of benzene rings is 1. The van der Waals surface area contributed by atoms with E-state index < -0.39 is 25.2 Å². The second-order valence-electron chi connectivity index (χ2n) is 3.62. The van der Waals surface area contributed by atoms with Crippen molar-refractivity contribution in [2.45, 2.75) is 19.4 Å². The topological polar surface area (TPSA) is 46.5 Å². The highest BCUT2D eigenvalue weighted by molar-refractivity contribution is 9.10. The Kier molecular flexibility index (Phi) is 5.68. The number of halogens is 3. The zero-order valence-electron chi connectivity index (χ0n) is 9.75. The Labute approximate surface area is 112 Å². The summed E-state index contributed by atoms with van der Waals surface area (Å²) in [5.41, 5.74) is 0.165. The van der Waals surface area contributed by atoms with Gasteiger partial charge >= 0.3 is 0 Å². The largest absolute Gasteiger partial charge is 0.484 e. The second kappa shape index (κ2) is 6.80. The molecule has 0 aromatic heterocycles. The van der Waals surface area contributed by atoms with Gasteiger partial charge in [0.2, 0.25) is 0 Å². The van der Waals surface area contributed by atoms with Gasteiger partial charge in [0, 0.05) is 12.5 Å². The molecular formula is C12H13BrF2O3. The summed E-state index contributed by atoms with van der Waals surface area (Å²) in [6, 6.07) is 2.30. The second-order valence-corrected chi connectivity index (χ2v) is 4.47. The minimum absolute atomic E-state index is 0.0562. The standard InChI is InChI=1S/C12H13BrF2O3/c1-2-11(17)8-3-9(13)10(15)4-12(8)18-7(5-14)6-16/h3-4,7,16H,2,5-6H2,1H3/t7-/m0/s1. The zero-order chi connectivity index (χ0) is 13.7. The van der Waals surface area contributed by atoms with E-state index >= 15 is 0 Å². The summed E-state index contributed by atoms with van der Waals surface area (Å²) < 4.78 is 31.1. The van der Waals surface area contributed by atoms with E-state index in [0.717, 1.165) is 6.07 Å². The van der Waals surface area contributed by atoms with E-state index in [1.165, 1.54) is 6.07 Å². The Morgan fingerprint density at radius 2 is 2.22 bits per heavy atom. The summed E-state index contributed by atoms with van der Waals surface area (Å²) in [6.07, 6.45) is -0.887. The van der Waals surface area contributed by atoms with E-state index in [0.29, 0.717) is 0 Å². The number of ether oxygens (including phenoxy) is 1. The molecule has 1 aromatic carbocycles. The van der Waals surface area contributed by atoms with Crippen LogP contribution in [0.25, 0.3) is 0 Å². The van der Waals surface area contributed by atoms with Crippen molar-refractivity contribution in [2.24, 2.45) is 0 Å². The molecule has 0 saturated heterocycles. The SMILES string of the molecule is CCC(=O)c1cc(Br)c(F)cc1O[C@H](CO)CF. The summed E-state index contributed by atoms with van der Waals surface area (Å²) >= 11 is 2.97. The number of carbonyl (C=O) groups is 1. The fourth-order valence-corrected chi connectivity index (χ4v) is 1.67. The summed E-state index contributed by atoms with van der Waals surface area (Å²) in [7, 11) is 0. The molecule has 0 aliphatic rings. The first kappa shape index (κ1) is 15.0. The number of alkyl halides is 1. The van der Waals surface area contributed by atoms with Crippen LogP contribution in [0.15, 0.2) is 16.6 Å². The van der Waals surface area contributed by atoms with Crippen LogP contribution in [0.1, 0.15) is 23.7 Å². The van der Waals surface area contributed by atoms with Crippen molar-refractivity contribution in [1.82, 2.24) is 0 Å². The van der Waals surface area contributed by atoms with Gasteiger partial charge in [-0.25, -0.2) is 8.78 Å². The third-order valence-corrected chi connectivity index (χ3v) is 2.92. The van der Waals surface area contributed by atoms with Crippen LogP contribution < -0.4 is 4.74 Å². The van der Waals surface area contributed by atoms with E-state index in [2.05, 4.69) is 15.9 Å². The van der Waals surface area contributed by atoms with Crippen molar-refractivity contribution in [3.8, 4) is 5.75 Å². The number of Topliss-reactive ketones (excluding diaryl/α,β-unsaturated/α-hetero) is 1. The average Bonchev–Trinajstić information content (AvgIpc) is 2.38. The summed E-state index contributed by atoms with van der Waals surface area (Å²) in [6.45, 7) is 0.184. The van der Waals surface area contributed by atoms with Crippen molar-refractivity contribution < 1.29 is 23.4 Å². The predicted octanol–water partition coefficient (Wildman–Crippen LogP) is 2.89. The van der Waals surface area contributed by atoms with Crippen LogP contribution in [0.3, 0.4) is 0 Å². The summed E-state index contributed by atoms with van der Waals surface area (Å²) in [4.78, 5) is 11.7. The van der Waals surface area contributed by atoms with Gasteiger partial charge in [0.05, 0.1) is 16.6 Å². The number of hydrogen-bond donors (Lipinski definition) is 1. The zero-order valence-corrected chi connectivity index (χ0v) is 11.3. The minimum atomic E-state index is -1.10. The lowest BCUT2D eigenvalue weighted by Gasteiger charge is -2.16.